The highest BCUT2D eigenvalue weighted by atomic mass is 16.5. The summed E-state index contributed by atoms with van der Waals surface area (Å²) in [5.74, 6) is 1.64. The molecule has 8 nitrogen and oxygen atoms in total. The lowest BCUT2D eigenvalue weighted by Gasteiger charge is -2.28. The second kappa shape index (κ2) is 8.90. The van der Waals surface area contributed by atoms with E-state index in [9.17, 15) is 4.79 Å². The summed E-state index contributed by atoms with van der Waals surface area (Å²) in [5.41, 5.74) is 8.58. The molecule has 2 atom stereocenters. The van der Waals surface area contributed by atoms with Crippen LogP contribution in [0, 0.1) is 0 Å². The Bertz CT molecular complexity index is 1270. The second-order valence-corrected chi connectivity index (χ2v) is 8.24. The maximum Gasteiger partial charge on any atom is 0.302 e. The Labute approximate surface area is 191 Å². The molecule has 4 aromatic rings. The summed E-state index contributed by atoms with van der Waals surface area (Å²) in [5, 5.41) is 5.65. The molecule has 0 saturated heterocycles. The van der Waals surface area contributed by atoms with Crippen molar-refractivity contribution in [3.05, 3.63) is 60.9 Å². The van der Waals surface area contributed by atoms with Crippen LogP contribution < -0.4 is 10.5 Å². The summed E-state index contributed by atoms with van der Waals surface area (Å²) in [6.45, 7) is 1.45. The van der Waals surface area contributed by atoms with Gasteiger partial charge in [0, 0.05) is 18.9 Å². The van der Waals surface area contributed by atoms with Crippen LogP contribution in [0.15, 0.2) is 60.9 Å². The van der Waals surface area contributed by atoms with Crippen LogP contribution in [-0.2, 0) is 9.53 Å². The van der Waals surface area contributed by atoms with E-state index in [1.54, 1.807) is 0 Å². The van der Waals surface area contributed by atoms with Gasteiger partial charge in [0.25, 0.3) is 0 Å². The molecular formula is C25H25N5O3. The van der Waals surface area contributed by atoms with Gasteiger partial charge in [-0.25, -0.2) is 14.6 Å². The molecule has 0 radical (unpaired) electrons. The van der Waals surface area contributed by atoms with Gasteiger partial charge in [0.1, 0.15) is 35.4 Å². The van der Waals surface area contributed by atoms with E-state index in [0.29, 0.717) is 17.9 Å². The van der Waals surface area contributed by atoms with E-state index in [0.717, 1.165) is 47.4 Å². The smallest absolute Gasteiger partial charge is 0.302 e. The number of esters is 1. The van der Waals surface area contributed by atoms with Crippen molar-refractivity contribution in [3.8, 4) is 22.8 Å². The van der Waals surface area contributed by atoms with Crippen LogP contribution >= 0.6 is 0 Å². The number of benzene rings is 2. The first kappa shape index (κ1) is 20.9. The number of hydrogen-bond donors (Lipinski definition) is 1. The molecule has 0 aliphatic heterocycles. The molecule has 1 saturated carbocycles. The Balaban J connectivity index is 1.48. The molecule has 1 aliphatic rings. The number of carbonyl (C=O) groups excluding carboxylic acids is 1. The predicted octanol–water partition coefficient (Wildman–Crippen LogP) is 4.91. The van der Waals surface area contributed by atoms with Crippen molar-refractivity contribution in [1.29, 1.82) is 0 Å². The van der Waals surface area contributed by atoms with Gasteiger partial charge in [-0.15, -0.1) is 0 Å². The lowest BCUT2D eigenvalue weighted by Crippen LogP contribution is -2.27. The Morgan fingerprint density at radius 3 is 2.55 bits per heavy atom. The van der Waals surface area contributed by atoms with E-state index in [1.165, 1.54) is 13.3 Å². The number of hydrogen-bond acceptors (Lipinski definition) is 7. The zero-order valence-electron chi connectivity index (χ0n) is 18.3. The molecule has 0 amide bonds. The fraction of sp³-hybridized carbons (Fsp3) is 0.280. The van der Waals surface area contributed by atoms with Gasteiger partial charge in [-0.1, -0.05) is 18.2 Å². The Hall–Kier alpha value is -3.94. The van der Waals surface area contributed by atoms with E-state index in [2.05, 4.69) is 9.97 Å². The van der Waals surface area contributed by atoms with Gasteiger partial charge in [-0.2, -0.15) is 5.10 Å². The number of ether oxygens (including phenoxy) is 2. The molecule has 2 unspecified atom stereocenters. The third-order valence-electron chi connectivity index (χ3n) is 5.90. The van der Waals surface area contributed by atoms with E-state index >= 15 is 0 Å². The largest absolute Gasteiger partial charge is 0.462 e. The Morgan fingerprint density at radius 2 is 1.79 bits per heavy atom. The topological polar surface area (TPSA) is 105 Å². The summed E-state index contributed by atoms with van der Waals surface area (Å²) in [6.07, 6.45) is 4.79. The molecule has 0 spiro atoms. The van der Waals surface area contributed by atoms with E-state index in [4.69, 9.17) is 20.3 Å². The highest BCUT2D eigenvalue weighted by Crippen LogP contribution is 2.37. The number of aromatic nitrogens is 4. The third kappa shape index (κ3) is 4.37. The molecule has 2 aromatic carbocycles. The molecule has 33 heavy (non-hydrogen) atoms. The highest BCUT2D eigenvalue weighted by molar-refractivity contribution is 5.98. The number of nitrogen functional groups attached to an aromatic ring is 1. The number of fused-ring (bicyclic) bond motifs is 1. The lowest BCUT2D eigenvalue weighted by molar-refractivity contribution is -0.148. The molecule has 5 rings (SSSR count). The molecule has 0 bridgehead atoms. The highest BCUT2D eigenvalue weighted by Gasteiger charge is 2.29. The van der Waals surface area contributed by atoms with Gasteiger partial charge < -0.3 is 15.2 Å². The first-order chi connectivity index (χ1) is 16.1. The second-order valence-electron chi connectivity index (χ2n) is 8.24. The van der Waals surface area contributed by atoms with Crippen LogP contribution in [0.5, 0.6) is 11.5 Å². The maximum absolute atomic E-state index is 11.5. The van der Waals surface area contributed by atoms with Gasteiger partial charge in [0.05, 0.1) is 11.4 Å². The molecule has 2 N–H and O–H groups in total. The molecule has 1 fully saturated rings. The van der Waals surface area contributed by atoms with Crippen LogP contribution in [0.25, 0.3) is 22.3 Å². The summed E-state index contributed by atoms with van der Waals surface area (Å²) in [6, 6.07) is 17.4. The normalized spacial score (nSPS) is 18.2. The minimum absolute atomic E-state index is 0.0642. The summed E-state index contributed by atoms with van der Waals surface area (Å²) in [7, 11) is 0. The molecule has 168 valence electrons. The molecule has 2 heterocycles. The molecular weight excluding hydrogens is 418 g/mol. The van der Waals surface area contributed by atoms with E-state index in [-0.39, 0.29) is 18.1 Å². The number of nitrogens with two attached hydrogens (primary N) is 1. The minimum atomic E-state index is -0.254. The van der Waals surface area contributed by atoms with Gasteiger partial charge in [0.2, 0.25) is 0 Å². The summed E-state index contributed by atoms with van der Waals surface area (Å²) < 4.78 is 13.3. The van der Waals surface area contributed by atoms with E-state index < -0.39 is 0 Å². The van der Waals surface area contributed by atoms with Crippen molar-refractivity contribution in [2.24, 2.45) is 0 Å². The van der Waals surface area contributed by atoms with Crippen molar-refractivity contribution >= 4 is 22.8 Å². The molecule has 2 aromatic heterocycles. The van der Waals surface area contributed by atoms with Gasteiger partial charge in [-0.05, 0) is 55.7 Å². The summed E-state index contributed by atoms with van der Waals surface area (Å²) in [4.78, 5) is 20.2. The van der Waals surface area contributed by atoms with Crippen molar-refractivity contribution in [1.82, 2.24) is 19.7 Å². The van der Waals surface area contributed by atoms with Gasteiger partial charge in [0.15, 0.2) is 5.65 Å². The van der Waals surface area contributed by atoms with Crippen molar-refractivity contribution in [3.63, 3.8) is 0 Å². The van der Waals surface area contributed by atoms with Crippen molar-refractivity contribution in [2.45, 2.75) is 44.8 Å². The standard InChI is InChI=1S/C25H25N5O3/c1-16(31)32-21-9-5-6-18(14-21)30-25-22(24(26)27-15-28-25)23(29-30)17-10-12-20(13-11-17)33-19-7-3-2-4-8-19/h2-4,7-8,10-13,15,18,21H,5-6,9,14H2,1H3,(H2,26,27,28). The number of para-hydroxylation sites is 1. The first-order valence-electron chi connectivity index (χ1n) is 11.1. The van der Waals surface area contributed by atoms with Crippen LogP contribution in [0.3, 0.4) is 0 Å². The Kier molecular flexibility index (Phi) is 5.64. The number of rotatable bonds is 5. The fourth-order valence-electron chi connectivity index (χ4n) is 4.44. The van der Waals surface area contributed by atoms with Crippen molar-refractivity contribution < 1.29 is 14.3 Å². The van der Waals surface area contributed by atoms with Crippen LogP contribution in [-0.4, -0.2) is 31.8 Å². The Morgan fingerprint density at radius 1 is 1.03 bits per heavy atom. The third-order valence-corrected chi connectivity index (χ3v) is 5.90. The van der Waals surface area contributed by atoms with Crippen LogP contribution in [0.1, 0.15) is 38.6 Å². The maximum atomic E-state index is 11.5. The minimum Gasteiger partial charge on any atom is -0.462 e. The monoisotopic (exact) mass is 443 g/mol. The number of nitrogens with zero attached hydrogens (tertiary/aromatic N) is 4. The summed E-state index contributed by atoms with van der Waals surface area (Å²) >= 11 is 0. The lowest BCUT2D eigenvalue weighted by atomic mass is 9.93. The fourth-order valence-corrected chi connectivity index (χ4v) is 4.44. The zero-order valence-corrected chi connectivity index (χ0v) is 18.3. The SMILES string of the molecule is CC(=O)OC1CCCC(n2nc(-c3ccc(Oc4ccccc4)cc3)c3c(N)ncnc32)C1. The number of carbonyl (C=O) groups is 1. The van der Waals surface area contributed by atoms with Crippen LogP contribution in [0.4, 0.5) is 5.82 Å². The van der Waals surface area contributed by atoms with Crippen LogP contribution in [0.2, 0.25) is 0 Å². The predicted molar refractivity (Wildman–Crippen MR) is 125 cm³/mol. The van der Waals surface area contributed by atoms with Crippen molar-refractivity contribution in [2.75, 3.05) is 5.73 Å². The average Bonchev–Trinajstić information content (AvgIpc) is 3.21. The first-order valence-corrected chi connectivity index (χ1v) is 11.1. The van der Waals surface area contributed by atoms with E-state index in [1.807, 2.05) is 59.3 Å². The zero-order chi connectivity index (χ0) is 22.8. The number of anilines is 1. The molecule has 1 aliphatic carbocycles. The molecule has 8 heteroatoms. The average molecular weight is 444 g/mol. The van der Waals surface area contributed by atoms with Gasteiger partial charge >= 0.3 is 5.97 Å². The van der Waals surface area contributed by atoms with Gasteiger partial charge in [-0.3, -0.25) is 4.79 Å². The quantitative estimate of drug-likeness (QED) is 0.437.